The number of amides is 1. The molecule has 0 aliphatic carbocycles. The van der Waals surface area contributed by atoms with Crippen molar-refractivity contribution in [3.63, 3.8) is 0 Å². The number of anilines is 1. The Kier molecular flexibility index (Phi) is 6.19. The molecule has 0 bridgehead atoms. The predicted molar refractivity (Wildman–Crippen MR) is 109 cm³/mol. The summed E-state index contributed by atoms with van der Waals surface area (Å²) in [5, 5.41) is 3.20. The Hall–Kier alpha value is -2.60. The smallest absolute Gasteiger partial charge is 0.255 e. The highest BCUT2D eigenvalue weighted by Gasteiger charge is 2.23. The van der Waals surface area contributed by atoms with Gasteiger partial charge in [0.1, 0.15) is 17.6 Å². The molecule has 2 aromatic rings. The van der Waals surface area contributed by atoms with Crippen LogP contribution in [0.4, 0.5) is 5.69 Å². The fourth-order valence-electron chi connectivity index (χ4n) is 3.14. The Morgan fingerprint density at radius 2 is 1.93 bits per heavy atom. The van der Waals surface area contributed by atoms with Gasteiger partial charge in [-0.2, -0.15) is 0 Å². The van der Waals surface area contributed by atoms with Crippen LogP contribution in [0.15, 0.2) is 24.3 Å². The average molecular weight is 406 g/mol. The molecular weight excluding hydrogens is 382 g/mol. The van der Waals surface area contributed by atoms with Crippen molar-refractivity contribution >= 4 is 23.2 Å². The number of hydrogen-bond donors (Lipinski definition) is 1. The second kappa shape index (κ2) is 8.61. The van der Waals surface area contributed by atoms with Crippen LogP contribution in [0.3, 0.4) is 0 Å². The van der Waals surface area contributed by atoms with E-state index in [1.54, 1.807) is 18.2 Å². The quantitative estimate of drug-likeness (QED) is 0.721. The number of halogens is 1. The van der Waals surface area contributed by atoms with Crippen molar-refractivity contribution in [1.29, 1.82) is 0 Å². The number of ether oxygens (including phenoxy) is 4. The zero-order valence-electron chi connectivity index (χ0n) is 16.4. The normalized spacial score (nSPS) is 14.8. The summed E-state index contributed by atoms with van der Waals surface area (Å²) in [6.45, 7) is 6.68. The molecule has 0 saturated carbocycles. The van der Waals surface area contributed by atoms with Crippen molar-refractivity contribution < 1.29 is 23.7 Å². The molecule has 1 aliphatic rings. The molecule has 7 heteroatoms. The van der Waals surface area contributed by atoms with Gasteiger partial charge in [-0.3, -0.25) is 4.79 Å². The van der Waals surface area contributed by atoms with E-state index in [2.05, 4.69) is 5.32 Å². The van der Waals surface area contributed by atoms with Gasteiger partial charge in [0.05, 0.1) is 31.0 Å². The molecule has 0 spiro atoms. The lowest BCUT2D eigenvalue weighted by atomic mass is 10.1. The van der Waals surface area contributed by atoms with Crippen LogP contribution in [-0.2, 0) is 6.42 Å². The number of methoxy groups -OCH3 is 1. The molecule has 1 heterocycles. The molecule has 28 heavy (non-hydrogen) atoms. The van der Waals surface area contributed by atoms with E-state index in [1.807, 2.05) is 26.8 Å². The lowest BCUT2D eigenvalue weighted by Crippen LogP contribution is -2.14. The van der Waals surface area contributed by atoms with Crippen molar-refractivity contribution in [2.75, 3.05) is 25.6 Å². The Labute approximate surface area is 169 Å². The minimum Gasteiger partial charge on any atom is -0.493 e. The van der Waals surface area contributed by atoms with Crippen molar-refractivity contribution in [3.8, 4) is 23.0 Å². The van der Waals surface area contributed by atoms with Crippen LogP contribution in [0.5, 0.6) is 23.0 Å². The number of rotatable bonds is 7. The molecule has 0 unspecified atom stereocenters. The minimum atomic E-state index is -0.338. The second-order valence-electron chi connectivity index (χ2n) is 6.40. The topological polar surface area (TPSA) is 66.0 Å². The fourth-order valence-corrected chi connectivity index (χ4v) is 3.41. The van der Waals surface area contributed by atoms with E-state index in [1.165, 1.54) is 7.11 Å². The van der Waals surface area contributed by atoms with Crippen molar-refractivity contribution in [2.45, 2.75) is 33.3 Å². The van der Waals surface area contributed by atoms with Gasteiger partial charge in [0.15, 0.2) is 11.5 Å². The molecule has 2 aromatic carbocycles. The molecule has 0 radical (unpaired) electrons. The van der Waals surface area contributed by atoms with E-state index in [-0.39, 0.29) is 12.0 Å². The molecular formula is C21H24ClNO5. The van der Waals surface area contributed by atoms with Gasteiger partial charge >= 0.3 is 0 Å². The van der Waals surface area contributed by atoms with Crippen molar-refractivity contribution in [1.82, 2.24) is 0 Å². The number of hydrogen-bond acceptors (Lipinski definition) is 5. The number of carbonyl (C=O) groups is 1. The lowest BCUT2D eigenvalue weighted by Gasteiger charge is -2.15. The molecule has 1 aliphatic heterocycles. The summed E-state index contributed by atoms with van der Waals surface area (Å²) >= 11 is 6.28. The lowest BCUT2D eigenvalue weighted by molar-refractivity contribution is 0.102. The number of carbonyl (C=O) groups excluding carboxylic acids is 1. The predicted octanol–water partition coefficient (Wildman–Crippen LogP) is 4.72. The maximum absolute atomic E-state index is 12.9. The van der Waals surface area contributed by atoms with Gasteiger partial charge in [-0.25, -0.2) is 0 Å². The van der Waals surface area contributed by atoms with Gasteiger partial charge in [-0.05, 0) is 39.0 Å². The average Bonchev–Trinajstić information content (AvgIpc) is 3.02. The zero-order valence-corrected chi connectivity index (χ0v) is 17.2. The highest BCUT2D eigenvalue weighted by atomic mass is 35.5. The third kappa shape index (κ3) is 4.12. The Balaban J connectivity index is 1.91. The highest BCUT2D eigenvalue weighted by Crippen LogP contribution is 2.39. The molecule has 150 valence electrons. The van der Waals surface area contributed by atoms with E-state index in [9.17, 15) is 4.79 Å². The number of nitrogens with one attached hydrogen (secondary N) is 1. The Morgan fingerprint density at radius 1 is 1.18 bits per heavy atom. The van der Waals surface area contributed by atoms with E-state index >= 15 is 0 Å². The molecule has 1 atom stereocenters. The fraction of sp³-hybridized carbons (Fsp3) is 0.381. The second-order valence-corrected chi connectivity index (χ2v) is 6.81. The summed E-state index contributed by atoms with van der Waals surface area (Å²) in [5.41, 5.74) is 1.96. The van der Waals surface area contributed by atoms with E-state index < -0.39 is 0 Å². The highest BCUT2D eigenvalue weighted by molar-refractivity contribution is 6.32. The molecule has 0 aromatic heterocycles. The first-order valence-corrected chi connectivity index (χ1v) is 9.62. The monoisotopic (exact) mass is 405 g/mol. The van der Waals surface area contributed by atoms with Crippen LogP contribution in [0.1, 0.15) is 36.7 Å². The van der Waals surface area contributed by atoms with E-state index in [0.717, 1.165) is 17.7 Å². The SMILES string of the molecule is CCOc1cc2c(cc1NC(=O)c1cc(Cl)c(OCC)c(OC)c1)O[C@H](C)C2. The van der Waals surface area contributed by atoms with Crippen LogP contribution in [0, 0.1) is 0 Å². The molecule has 3 rings (SSSR count). The summed E-state index contributed by atoms with van der Waals surface area (Å²) in [6.07, 6.45) is 0.916. The van der Waals surface area contributed by atoms with Gasteiger partial charge < -0.3 is 24.3 Å². The first-order valence-electron chi connectivity index (χ1n) is 9.24. The Bertz CT molecular complexity index is 884. The van der Waals surface area contributed by atoms with Gasteiger partial charge in [0, 0.05) is 23.6 Å². The zero-order chi connectivity index (χ0) is 20.3. The number of fused-ring (bicyclic) bond motifs is 1. The number of benzene rings is 2. The first-order chi connectivity index (χ1) is 13.5. The maximum atomic E-state index is 12.9. The molecule has 0 fully saturated rings. The third-order valence-electron chi connectivity index (χ3n) is 4.33. The summed E-state index contributed by atoms with van der Waals surface area (Å²) in [7, 11) is 1.50. The molecule has 1 amide bonds. The van der Waals surface area contributed by atoms with E-state index in [0.29, 0.717) is 46.7 Å². The van der Waals surface area contributed by atoms with Gasteiger partial charge in [0.2, 0.25) is 0 Å². The summed E-state index contributed by atoms with van der Waals surface area (Å²) in [5.74, 6) is 1.84. The van der Waals surface area contributed by atoms with Gasteiger partial charge in [-0.1, -0.05) is 11.6 Å². The van der Waals surface area contributed by atoms with Crippen LogP contribution < -0.4 is 24.3 Å². The van der Waals surface area contributed by atoms with Crippen LogP contribution >= 0.6 is 11.6 Å². The van der Waals surface area contributed by atoms with Crippen molar-refractivity contribution in [3.05, 3.63) is 40.4 Å². The van der Waals surface area contributed by atoms with Gasteiger partial charge in [-0.15, -0.1) is 0 Å². The first kappa shape index (κ1) is 20.1. The largest absolute Gasteiger partial charge is 0.493 e. The maximum Gasteiger partial charge on any atom is 0.255 e. The summed E-state index contributed by atoms with van der Waals surface area (Å²) in [6, 6.07) is 6.87. The third-order valence-corrected chi connectivity index (χ3v) is 4.61. The standard InChI is InChI=1S/C21H24ClNO5/c1-5-26-18-9-13-7-12(3)28-17(13)11-16(18)23-21(24)14-8-15(22)20(27-6-2)19(10-14)25-4/h8-12H,5-7H2,1-4H3,(H,23,24)/t12-/m1/s1. The molecule has 0 saturated heterocycles. The van der Waals surface area contributed by atoms with E-state index in [4.69, 9.17) is 30.5 Å². The van der Waals surface area contributed by atoms with Crippen LogP contribution in [0.25, 0.3) is 0 Å². The van der Waals surface area contributed by atoms with Gasteiger partial charge in [0.25, 0.3) is 5.91 Å². The van der Waals surface area contributed by atoms with Crippen LogP contribution in [-0.4, -0.2) is 32.3 Å². The van der Waals surface area contributed by atoms with Crippen LogP contribution in [0.2, 0.25) is 5.02 Å². The summed E-state index contributed by atoms with van der Waals surface area (Å²) < 4.78 is 22.3. The molecule has 6 nitrogen and oxygen atoms in total. The minimum absolute atomic E-state index is 0.101. The van der Waals surface area contributed by atoms with Crippen molar-refractivity contribution in [2.24, 2.45) is 0 Å². The molecule has 1 N–H and O–H groups in total. The summed E-state index contributed by atoms with van der Waals surface area (Å²) in [4.78, 5) is 12.9. The Morgan fingerprint density at radius 3 is 2.61 bits per heavy atom.